The number of hydrogen-bond acceptors (Lipinski definition) is 1. The quantitative estimate of drug-likeness (QED) is 0.387. The first kappa shape index (κ1) is 16.2. The molecule has 0 heterocycles. The second-order valence-corrected chi connectivity index (χ2v) is 4.67. The minimum Gasteiger partial charge on any atom is -0.481 e. The third-order valence-corrected chi connectivity index (χ3v) is 2.90. The van der Waals surface area contributed by atoms with E-state index in [1.165, 1.54) is 38.5 Å². The molecule has 0 aromatic rings. The zero-order valence-corrected chi connectivity index (χ0v) is 11.3. The van der Waals surface area contributed by atoms with Crippen molar-refractivity contribution >= 4 is 5.97 Å². The van der Waals surface area contributed by atoms with E-state index in [0.29, 0.717) is 6.42 Å². The van der Waals surface area contributed by atoms with Crippen LogP contribution in [-0.2, 0) is 4.79 Å². The van der Waals surface area contributed by atoms with Crippen molar-refractivity contribution in [2.45, 2.75) is 77.6 Å². The summed E-state index contributed by atoms with van der Waals surface area (Å²) in [6, 6.07) is 0. The first-order valence-corrected chi connectivity index (χ1v) is 7.14. The lowest BCUT2D eigenvalue weighted by molar-refractivity contribution is -0.137. The lowest BCUT2D eigenvalue weighted by Gasteiger charge is -1.97. The molecule has 0 amide bonds. The Labute approximate surface area is 106 Å². The summed E-state index contributed by atoms with van der Waals surface area (Å²) in [6.45, 7) is 2.24. The van der Waals surface area contributed by atoms with Crippen LogP contribution >= 0.6 is 0 Å². The summed E-state index contributed by atoms with van der Waals surface area (Å²) in [5.74, 6) is -0.669. The van der Waals surface area contributed by atoms with Crippen molar-refractivity contribution in [3.05, 3.63) is 12.2 Å². The molecule has 0 bridgehead atoms. The summed E-state index contributed by atoms with van der Waals surface area (Å²) in [5, 5.41) is 8.46. The van der Waals surface area contributed by atoms with Crippen LogP contribution in [0.2, 0.25) is 0 Å². The molecule has 0 atom stereocenters. The maximum Gasteiger partial charge on any atom is 0.303 e. The van der Waals surface area contributed by atoms with Crippen molar-refractivity contribution in [2.75, 3.05) is 0 Å². The zero-order chi connectivity index (χ0) is 12.8. The Bertz CT molecular complexity index is 197. The number of unbranched alkanes of at least 4 members (excludes halogenated alkanes) is 8. The first-order valence-electron chi connectivity index (χ1n) is 7.14. The number of aliphatic carboxylic acids is 1. The van der Waals surface area contributed by atoms with Gasteiger partial charge in [0.2, 0.25) is 0 Å². The molecule has 0 spiro atoms. The summed E-state index contributed by atoms with van der Waals surface area (Å²) >= 11 is 0. The van der Waals surface area contributed by atoms with Gasteiger partial charge in [0, 0.05) is 6.42 Å². The molecule has 2 nitrogen and oxygen atoms in total. The van der Waals surface area contributed by atoms with E-state index in [2.05, 4.69) is 19.1 Å². The highest BCUT2D eigenvalue weighted by Crippen LogP contribution is 2.07. The van der Waals surface area contributed by atoms with E-state index >= 15 is 0 Å². The van der Waals surface area contributed by atoms with Crippen molar-refractivity contribution in [3.8, 4) is 0 Å². The molecule has 1 N–H and O–H groups in total. The largest absolute Gasteiger partial charge is 0.481 e. The number of carboxylic acid groups (broad SMARTS) is 1. The number of carbonyl (C=O) groups is 1. The lowest BCUT2D eigenvalue weighted by atomic mass is 10.1. The molecule has 2 heteroatoms. The van der Waals surface area contributed by atoms with E-state index in [4.69, 9.17) is 5.11 Å². The molecule has 0 saturated heterocycles. The van der Waals surface area contributed by atoms with Crippen LogP contribution in [0, 0.1) is 0 Å². The fourth-order valence-corrected chi connectivity index (χ4v) is 1.82. The highest BCUT2D eigenvalue weighted by Gasteiger charge is 1.95. The minimum absolute atomic E-state index is 0.327. The van der Waals surface area contributed by atoms with Gasteiger partial charge >= 0.3 is 5.97 Å². The van der Waals surface area contributed by atoms with Gasteiger partial charge < -0.3 is 5.11 Å². The first-order chi connectivity index (χ1) is 8.27. The highest BCUT2D eigenvalue weighted by atomic mass is 16.4. The second-order valence-electron chi connectivity index (χ2n) is 4.67. The fraction of sp³-hybridized carbons (Fsp3) is 0.800. The van der Waals surface area contributed by atoms with E-state index < -0.39 is 5.97 Å². The maximum absolute atomic E-state index is 10.3. The van der Waals surface area contributed by atoms with Crippen molar-refractivity contribution < 1.29 is 9.90 Å². The fourth-order valence-electron chi connectivity index (χ4n) is 1.82. The van der Waals surface area contributed by atoms with Gasteiger partial charge in [0.1, 0.15) is 0 Å². The van der Waals surface area contributed by atoms with Crippen LogP contribution in [0.1, 0.15) is 77.6 Å². The van der Waals surface area contributed by atoms with E-state index in [0.717, 1.165) is 25.7 Å². The van der Waals surface area contributed by atoms with Crippen LogP contribution in [0.4, 0.5) is 0 Å². The van der Waals surface area contributed by atoms with Crippen LogP contribution < -0.4 is 0 Å². The topological polar surface area (TPSA) is 37.3 Å². The zero-order valence-electron chi connectivity index (χ0n) is 11.3. The number of allylic oxidation sites excluding steroid dienone is 2. The summed E-state index contributed by atoms with van der Waals surface area (Å²) in [4.78, 5) is 10.3. The van der Waals surface area contributed by atoms with E-state index in [-0.39, 0.29) is 0 Å². The normalized spacial score (nSPS) is 11.1. The molecule has 0 radical (unpaired) electrons. The number of hydrogen-bond donors (Lipinski definition) is 1. The van der Waals surface area contributed by atoms with Crippen LogP contribution in [0.5, 0.6) is 0 Å². The molecule has 0 rings (SSSR count). The lowest BCUT2D eigenvalue weighted by Crippen LogP contribution is -1.93. The second kappa shape index (κ2) is 13.3. The maximum atomic E-state index is 10.3. The van der Waals surface area contributed by atoms with Crippen molar-refractivity contribution in [1.29, 1.82) is 0 Å². The summed E-state index contributed by atoms with van der Waals surface area (Å²) in [5.41, 5.74) is 0. The molecule has 0 saturated carbocycles. The predicted molar refractivity (Wildman–Crippen MR) is 73.2 cm³/mol. The Hall–Kier alpha value is -0.790. The van der Waals surface area contributed by atoms with Gasteiger partial charge in [-0.25, -0.2) is 0 Å². The van der Waals surface area contributed by atoms with Gasteiger partial charge in [-0.2, -0.15) is 0 Å². The molecule has 0 aromatic carbocycles. The molecular weight excluding hydrogens is 212 g/mol. The molecule has 0 aliphatic heterocycles. The van der Waals surface area contributed by atoms with E-state index in [9.17, 15) is 4.79 Å². The third-order valence-electron chi connectivity index (χ3n) is 2.90. The molecule has 0 aromatic heterocycles. The van der Waals surface area contributed by atoms with Crippen LogP contribution in [0.25, 0.3) is 0 Å². The van der Waals surface area contributed by atoms with Gasteiger partial charge in [0.05, 0.1) is 0 Å². The van der Waals surface area contributed by atoms with Gasteiger partial charge in [-0.05, 0) is 32.1 Å². The average Bonchev–Trinajstić information content (AvgIpc) is 2.30. The average molecular weight is 240 g/mol. The summed E-state index contributed by atoms with van der Waals surface area (Å²) in [7, 11) is 0. The Morgan fingerprint density at radius 3 is 1.94 bits per heavy atom. The predicted octanol–water partition coefficient (Wildman–Crippen LogP) is 4.94. The van der Waals surface area contributed by atoms with Crippen LogP contribution in [-0.4, -0.2) is 11.1 Å². The highest BCUT2D eigenvalue weighted by molar-refractivity contribution is 5.66. The Balaban J connectivity index is 3.06. The van der Waals surface area contributed by atoms with Gasteiger partial charge in [-0.15, -0.1) is 0 Å². The molecule has 0 aliphatic carbocycles. The number of carboxylic acids is 1. The SMILES string of the molecule is CCCCCCC=CCCCCCCC(=O)O. The molecule has 17 heavy (non-hydrogen) atoms. The Morgan fingerprint density at radius 1 is 0.882 bits per heavy atom. The summed E-state index contributed by atoms with van der Waals surface area (Å²) in [6.07, 6.45) is 16.9. The Morgan fingerprint density at radius 2 is 1.41 bits per heavy atom. The molecule has 0 unspecified atom stereocenters. The van der Waals surface area contributed by atoms with E-state index in [1.54, 1.807) is 0 Å². The monoisotopic (exact) mass is 240 g/mol. The van der Waals surface area contributed by atoms with Gasteiger partial charge in [0.25, 0.3) is 0 Å². The van der Waals surface area contributed by atoms with Crippen molar-refractivity contribution in [3.63, 3.8) is 0 Å². The summed E-state index contributed by atoms with van der Waals surface area (Å²) < 4.78 is 0. The Kier molecular flexibility index (Phi) is 12.7. The van der Waals surface area contributed by atoms with Gasteiger partial charge in [-0.1, -0.05) is 51.2 Å². The smallest absolute Gasteiger partial charge is 0.303 e. The van der Waals surface area contributed by atoms with Crippen molar-refractivity contribution in [1.82, 2.24) is 0 Å². The third kappa shape index (κ3) is 15.2. The molecular formula is C15H28O2. The van der Waals surface area contributed by atoms with Gasteiger partial charge in [0.15, 0.2) is 0 Å². The number of rotatable bonds is 12. The molecule has 0 fully saturated rings. The van der Waals surface area contributed by atoms with E-state index in [1.807, 2.05) is 0 Å². The van der Waals surface area contributed by atoms with Crippen LogP contribution in [0.15, 0.2) is 12.2 Å². The molecule has 100 valence electrons. The standard InChI is InChI=1S/C15H28O2/c1-2-3-4-5-6-7-8-9-10-11-12-13-14-15(16)17/h7-8H,2-6,9-14H2,1H3,(H,16,17). The van der Waals surface area contributed by atoms with Gasteiger partial charge in [-0.3, -0.25) is 4.79 Å². The minimum atomic E-state index is -0.669. The van der Waals surface area contributed by atoms with Crippen LogP contribution in [0.3, 0.4) is 0 Å². The van der Waals surface area contributed by atoms with Crippen molar-refractivity contribution in [2.24, 2.45) is 0 Å². The molecule has 0 aliphatic rings.